The summed E-state index contributed by atoms with van der Waals surface area (Å²) in [7, 11) is -9.49. The summed E-state index contributed by atoms with van der Waals surface area (Å²) in [6, 6.07) is 20.6. The molecule has 1 fully saturated rings. The van der Waals surface area contributed by atoms with E-state index >= 15 is 0 Å². The highest BCUT2D eigenvalue weighted by Crippen LogP contribution is 2.26. The van der Waals surface area contributed by atoms with Crippen molar-refractivity contribution in [2.24, 2.45) is 0 Å². The Balaban J connectivity index is 2.07. The van der Waals surface area contributed by atoms with E-state index in [1.54, 1.807) is 0 Å². The highest BCUT2D eigenvalue weighted by Gasteiger charge is 2.52. The average Bonchev–Trinajstić information content (AvgIpc) is 2.54. The van der Waals surface area contributed by atoms with E-state index in [0.29, 0.717) is 0 Å². The van der Waals surface area contributed by atoms with Crippen molar-refractivity contribution in [1.82, 2.24) is 0 Å². The maximum atomic E-state index is 6.87. The lowest BCUT2D eigenvalue weighted by atomic mass is 10.4. The highest BCUT2D eigenvalue weighted by molar-refractivity contribution is 6.98. The second-order valence-electron chi connectivity index (χ2n) is 7.03. The predicted octanol–water partition coefficient (Wildman–Crippen LogP) is 2.58. The van der Waals surface area contributed by atoms with Crippen LogP contribution in [0.15, 0.2) is 60.7 Å². The molecular weight excluding hydrogens is 381 g/mol. The van der Waals surface area contributed by atoms with Crippen LogP contribution in [-0.2, 0) is 16.5 Å². The monoisotopic (exact) mass is 406 g/mol. The van der Waals surface area contributed by atoms with Crippen LogP contribution in [0.2, 0.25) is 32.7 Å². The third kappa shape index (κ3) is 4.29. The molecule has 0 bridgehead atoms. The summed E-state index contributed by atoms with van der Waals surface area (Å²) in [6.45, 7) is 10.5. The standard InChI is InChI=1S/C17H26O4Si4/c1-22-18-23(2,3)20-25(5,17-14-10-7-11-15-17)21-24(4,19-22)16-12-8-6-9-13-16/h6-15,22H,1-5H3. The van der Waals surface area contributed by atoms with Crippen LogP contribution >= 0.6 is 0 Å². The van der Waals surface area contributed by atoms with Crippen LogP contribution in [0.1, 0.15) is 0 Å². The van der Waals surface area contributed by atoms with Crippen molar-refractivity contribution in [2.75, 3.05) is 0 Å². The molecule has 3 unspecified atom stereocenters. The van der Waals surface area contributed by atoms with Gasteiger partial charge in [0.2, 0.25) is 0 Å². The summed E-state index contributed by atoms with van der Waals surface area (Å²) in [5.74, 6) is 0. The number of hydrogen-bond donors (Lipinski definition) is 0. The van der Waals surface area contributed by atoms with Crippen LogP contribution in [0.3, 0.4) is 0 Å². The molecular formula is C17H26O4Si4. The maximum absolute atomic E-state index is 6.87. The Hall–Kier alpha value is -0.852. The molecule has 4 nitrogen and oxygen atoms in total. The topological polar surface area (TPSA) is 36.9 Å². The van der Waals surface area contributed by atoms with E-state index < -0.39 is 35.0 Å². The molecule has 0 radical (unpaired) electrons. The molecule has 2 aromatic rings. The molecule has 134 valence electrons. The van der Waals surface area contributed by atoms with E-state index in [2.05, 4.69) is 57.0 Å². The van der Waals surface area contributed by atoms with Gasteiger partial charge < -0.3 is 16.5 Å². The molecule has 0 aliphatic carbocycles. The van der Waals surface area contributed by atoms with Gasteiger partial charge in [-0.15, -0.1) is 0 Å². The molecule has 1 heterocycles. The van der Waals surface area contributed by atoms with Crippen molar-refractivity contribution in [3.05, 3.63) is 60.7 Å². The lowest BCUT2D eigenvalue weighted by Crippen LogP contribution is -2.70. The average molecular weight is 407 g/mol. The summed E-state index contributed by atoms with van der Waals surface area (Å²) in [5, 5.41) is 2.24. The molecule has 0 N–H and O–H groups in total. The minimum absolute atomic E-state index is 1.12. The number of rotatable bonds is 2. The fraction of sp³-hybridized carbons (Fsp3) is 0.294. The van der Waals surface area contributed by atoms with Crippen molar-refractivity contribution in [2.45, 2.75) is 32.7 Å². The number of hydrogen-bond acceptors (Lipinski definition) is 4. The molecule has 3 rings (SSSR count). The fourth-order valence-corrected chi connectivity index (χ4v) is 21.8. The smallest absolute Gasteiger partial charge is 0.351 e. The van der Waals surface area contributed by atoms with Gasteiger partial charge in [0, 0.05) is 0 Å². The van der Waals surface area contributed by atoms with Crippen LogP contribution < -0.4 is 10.4 Å². The normalized spacial score (nSPS) is 32.6. The Labute approximate surface area is 155 Å². The fourth-order valence-electron chi connectivity index (χ4n) is 3.38. The van der Waals surface area contributed by atoms with Crippen molar-refractivity contribution in [3.8, 4) is 0 Å². The van der Waals surface area contributed by atoms with Crippen LogP contribution in [0.4, 0.5) is 0 Å². The first kappa shape index (κ1) is 18.9. The molecule has 1 aliphatic heterocycles. The van der Waals surface area contributed by atoms with Gasteiger partial charge in [-0.3, -0.25) is 0 Å². The zero-order chi connectivity index (χ0) is 18.1. The van der Waals surface area contributed by atoms with Gasteiger partial charge in [-0.05, 0) is 43.1 Å². The molecule has 0 spiro atoms. The third-order valence-corrected chi connectivity index (χ3v) is 20.4. The summed E-state index contributed by atoms with van der Waals surface area (Å²) in [5.41, 5.74) is 0. The van der Waals surface area contributed by atoms with Gasteiger partial charge in [-0.25, -0.2) is 0 Å². The summed E-state index contributed by atoms with van der Waals surface area (Å²) in [4.78, 5) is 0. The Morgan fingerprint density at radius 2 is 1.12 bits per heavy atom. The largest absolute Gasteiger partial charge is 0.418 e. The molecule has 0 saturated carbocycles. The van der Waals surface area contributed by atoms with Crippen molar-refractivity contribution in [1.29, 1.82) is 0 Å². The third-order valence-electron chi connectivity index (χ3n) is 4.27. The molecule has 2 aromatic carbocycles. The Kier molecular flexibility index (Phi) is 5.33. The van der Waals surface area contributed by atoms with E-state index in [4.69, 9.17) is 16.5 Å². The minimum Gasteiger partial charge on any atom is -0.418 e. The van der Waals surface area contributed by atoms with Crippen molar-refractivity contribution >= 4 is 45.3 Å². The van der Waals surface area contributed by atoms with Gasteiger partial charge in [0.15, 0.2) is 0 Å². The molecule has 1 saturated heterocycles. The number of benzene rings is 2. The van der Waals surface area contributed by atoms with Gasteiger partial charge in [0.1, 0.15) is 0 Å². The summed E-state index contributed by atoms with van der Waals surface area (Å²) >= 11 is 0. The molecule has 3 atom stereocenters. The van der Waals surface area contributed by atoms with Gasteiger partial charge in [-0.1, -0.05) is 60.7 Å². The zero-order valence-electron chi connectivity index (χ0n) is 15.5. The second kappa shape index (κ2) is 7.04. The maximum Gasteiger partial charge on any atom is 0.351 e. The Bertz CT molecular complexity index is 715. The SMILES string of the molecule is C[SiH]1O[Si](C)(C)O[Si](C)(c2ccccc2)O[Si](C)(c2ccccc2)O1. The molecule has 1 aliphatic rings. The summed E-state index contributed by atoms with van der Waals surface area (Å²) in [6.07, 6.45) is 0. The van der Waals surface area contributed by atoms with E-state index in [0.717, 1.165) is 10.4 Å². The molecule has 25 heavy (non-hydrogen) atoms. The van der Waals surface area contributed by atoms with E-state index in [-0.39, 0.29) is 0 Å². The van der Waals surface area contributed by atoms with Gasteiger partial charge in [-0.2, -0.15) is 0 Å². The van der Waals surface area contributed by atoms with Gasteiger partial charge >= 0.3 is 35.0 Å². The predicted molar refractivity (Wildman–Crippen MR) is 110 cm³/mol. The van der Waals surface area contributed by atoms with E-state index in [9.17, 15) is 0 Å². The van der Waals surface area contributed by atoms with Crippen LogP contribution in [-0.4, -0.2) is 35.0 Å². The molecule has 0 amide bonds. The Morgan fingerprint density at radius 1 is 0.640 bits per heavy atom. The minimum atomic E-state index is -2.68. The van der Waals surface area contributed by atoms with Crippen LogP contribution in [0.5, 0.6) is 0 Å². The first-order valence-electron chi connectivity index (χ1n) is 8.59. The quantitative estimate of drug-likeness (QED) is 0.718. The first-order chi connectivity index (χ1) is 11.7. The molecule has 8 heteroatoms. The van der Waals surface area contributed by atoms with Crippen LogP contribution in [0.25, 0.3) is 0 Å². The lowest BCUT2D eigenvalue weighted by Gasteiger charge is -2.45. The zero-order valence-corrected chi connectivity index (χ0v) is 19.6. The van der Waals surface area contributed by atoms with Gasteiger partial charge in [0.25, 0.3) is 0 Å². The van der Waals surface area contributed by atoms with Crippen molar-refractivity contribution in [3.63, 3.8) is 0 Å². The van der Waals surface area contributed by atoms with E-state index in [1.807, 2.05) is 36.4 Å². The second-order valence-corrected chi connectivity index (χ2v) is 19.4. The molecule has 0 aromatic heterocycles. The van der Waals surface area contributed by atoms with Gasteiger partial charge in [0.05, 0.1) is 0 Å². The van der Waals surface area contributed by atoms with Crippen molar-refractivity contribution < 1.29 is 16.5 Å². The van der Waals surface area contributed by atoms with E-state index in [1.165, 1.54) is 0 Å². The lowest BCUT2D eigenvalue weighted by molar-refractivity contribution is 0.259. The Morgan fingerprint density at radius 3 is 1.64 bits per heavy atom. The summed E-state index contributed by atoms with van der Waals surface area (Å²) < 4.78 is 26.4. The highest BCUT2D eigenvalue weighted by atomic mass is 28.5. The first-order valence-corrected chi connectivity index (χ1v) is 18.1. The van der Waals surface area contributed by atoms with Crippen LogP contribution in [0, 0.1) is 0 Å².